The number of benzene rings is 2. The fourth-order valence-electron chi connectivity index (χ4n) is 2.99. The fourth-order valence-corrected chi connectivity index (χ4v) is 2.99. The van der Waals surface area contributed by atoms with Crippen molar-refractivity contribution in [2.75, 3.05) is 11.9 Å². The summed E-state index contributed by atoms with van der Waals surface area (Å²) in [5.74, 6) is 0.990. The molecule has 22 heavy (non-hydrogen) atoms. The molecule has 4 rings (SSSR count). The van der Waals surface area contributed by atoms with Crippen LogP contribution in [0.4, 0.5) is 5.69 Å². The van der Waals surface area contributed by atoms with Crippen LogP contribution >= 0.6 is 0 Å². The van der Waals surface area contributed by atoms with Gasteiger partial charge in [-0.25, -0.2) is 0 Å². The number of hydrogen-bond acceptors (Lipinski definition) is 3. The van der Waals surface area contributed by atoms with Gasteiger partial charge in [0, 0.05) is 28.1 Å². The number of para-hydroxylation sites is 1. The Labute approximate surface area is 129 Å². The van der Waals surface area contributed by atoms with E-state index in [4.69, 9.17) is 4.74 Å². The second-order valence-electron chi connectivity index (χ2n) is 6.46. The van der Waals surface area contributed by atoms with Crippen LogP contribution in [0.5, 0.6) is 5.75 Å². The van der Waals surface area contributed by atoms with E-state index in [0.29, 0.717) is 6.54 Å². The Morgan fingerprint density at radius 1 is 1.23 bits per heavy atom. The third kappa shape index (κ3) is 2.11. The number of anilines is 1. The summed E-state index contributed by atoms with van der Waals surface area (Å²) >= 11 is 0. The molecule has 0 spiro atoms. The van der Waals surface area contributed by atoms with Crippen molar-refractivity contribution >= 4 is 16.6 Å². The van der Waals surface area contributed by atoms with Crippen LogP contribution in [0.3, 0.4) is 0 Å². The van der Waals surface area contributed by atoms with Crippen LogP contribution < -0.4 is 10.1 Å². The van der Waals surface area contributed by atoms with Crippen molar-refractivity contribution in [2.24, 2.45) is 0 Å². The molecule has 2 heterocycles. The first-order valence-corrected chi connectivity index (χ1v) is 7.57. The average Bonchev–Trinajstić information content (AvgIpc) is 3.07. The highest BCUT2D eigenvalue weighted by atomic mass is 16.5. The minimum absolute atomic E-state index is 0.105. The van der Waals surface area contributed by atoms with Crippen LogP contribution in [0.25, 0.3) is 10.9 Å². The van der Waals surface area contributed by atoms with Gasteiger partial charge in [0.15, 0.2) is 0 Å². The summed E-state index contributed by atoms with van der Waals surface area (Å²) in [6, 6.07) is 14.5. The standard InChI is InChI=1S/C18H19N3O/c1-18(2)11-22-17-9-12(7-8-14(17)18)19-10-16-13-5-3-4-6-15(13)20-21-16/h3-9,19H,10-11H2,1-2H3,(H,20,21). The first-order valence-electron chi connectivity index (χ1n) is 7.57. The second kappa shape index (κ2) is 4.77. The summed E-state index contributed by atoms with van der Waals surface area (Å²) in [6.07, 6.45) is 0. The van der Waals surface area contributed by atoms with Gasteiger partial charge in [0.1, 0.15) is 5.75 Å². The lowest BCUT2D eigenvalue weighted by Crippen LogP contribution is -2.18. The van der Waals surface area contributed by atoms with E-state index in [1.165, 1.54) is 5.56 Å². The molecule has 0 saturated carbocycles. The van der Waals surface area contributed by atoms with Crippen molar-refractivity contribution in [3.63, 3.8) is 0 Å². The van der Waals surface area contributed by atoms with Gasteiger partial charge in [-0.1, -0.05) is 38.1 Å². The Morgan fingerprint density at radius 3 is 3.00 bits per heavy atom. The van der Waals surface area contributed by atoms with E-state index in [2.05, 4.69) is 53.6 Å². The van der Waals surface area contributed by atoms with E-state index in [1.54, 1.807) is 0 Å². The first kappa shape index (κ1) is 13.2. The van der Waals surface area contributed by atoms with E-state index in [9.17, 15) is 0 Å². The molecule has 0 unspecified atom stereocenters. The van der Waals surface area contributed by atoms with Crippen molar-refractivity contribution in [2.45, 2.75) is 25.8 Å². The lowest BCUT2D eigenvalue weighted by molar-refractivity contribution is 0.291. The lowest BCUT2D eigenvalue weighted by Gasteiger charge is -2.15. The predicted octanol–water partition coefficient (Wildman–Crippen LogP) is 3.85. The topological polar surface area (TPSA) is 49.9 Å². The highest BCUT2D eigenvalue weighted by Crippen LogP contribution is 2.39. The average molecular weight is 293 g/mol. The molecule has 0 fully saturated rings. The number of aromatic amines is 1. The molecule has 0 atom stereocenters. The third-order valence-corrected chi connectivity index (χ3v) is 4.31. The molecular formula is C18H19N3O. The van der Waals surface area contributed by atoms with Crippen molar-refractivity contribution < 1.29 is 4.74 Å². The zero-order chi connectivity index (χ0) is 15.2. The quantitative estimate of drug-likeness (QED) is 0.771. The zero-order valence-corrected chi connectivity index (χ0v) is 12.8. The van der Waals surface area contributed by atoms with Gasteiger partial charge in [-0.2, -0.15) is 5.10 Å². The molecule has 0 aliphatic carbocycles. The fraction of sp³-hybridized carbons (Fsp3) is 0.278. The van der Waals surface area contributed by atoms with Crippen molar-refractivity contribution in [1.29, 1.82) is 0 Å². The van der Waals surface area contributed by atoms with Gasteiger partial charge in [0.25, 0.3) is 0 Å². The minimum atomic E-state index is 0.105. The third-order valence-electron chi connectivity index (χ3n) is 4.31. The Kier molecular flexibility index (Phi) is 2.86. The van der Waals surface area contributed by atoms with Gasteiger partial charge in [-0.05, 0) is 12.1 Å². The summed E-state index contributed by atoms with van der Waals surface area (Å²) in [5, 5.41) is 12.0. The number of H-pyrrole nitrogens is 1. The van der Waals surface area contributed by atoms with E-state index in [-0.39, 0.29) is 5.41 Å². The van der Waals surface area contributed by atoms with Gasteiger partial charge in [0.2, 0.25) is 0 Å². The maximum Gasteiger partial charge on any atom is 0.125 e. The molecule has 4 heteroatoms. The number of hydrogen-bond donors (Lipinski definition) is 2. The molecule has 3 aromatic rings. The molecule has 112 valence electrons. The number of aromatic nitrogens is 2. The summed E-state index contributed by atoms with van der Waals surface area (Å²) < 4.78 is 5.80. The summed E-state index contributed by atoms with van der Waals surface area (Å²) in [5.41, 5.74) is 4.55. The van der Waals surface area contributed by atoms with Crippen LogP contribution in [-0.2, 0) is 12.0 Å². The Bertz CT molecular complexity index is 835. The number of fused-ring (bicyclic) bond motifs is 2. The van der Waals surface area contributed by atoms with E-state index >= 15 is 0 Å². The SMILES string of the molecule is CC1(C)COc2cc(NCc3[nH]nc4ccccc34)ccc21. The van der Waals surface area contributed by atoms with Gasteiger partial charge in [-0.15, -0.1) is 0 Å². The van der Waals surface area contributed by atoms with Crippen LogP contribution in [0.1, 0.15) is 25.1 Å². The van der Waals surface area contributed by atoms with Gasteiger partial charge >= 0.3 is 0 Å². The number of ether oxygens (including phenoxy) is 1. The molecule has 1 aliphatic rings. The molecule has 2 aromatic carbocycles. The Morgan fingerprint density at radius 2 is 2.09 bits per heavy atom. The molecule has 0 saturated heterocycles. The van der Waals surface area contributed by atoms with Crippen LogP contribution in [0.2, 0.25) is 0 Å². The van der Waals surface area contributed by atoms with Crippen molar-refractivity contribution in [1.82, 2.24) is 10.2 Å². The molecule has 0 radical (unpaired) electrons. The predicted molar refractivity (Wildman–Crippen MR) is 88.4 cm³/mol. The number of nitrogens with zero attached hydrogens (tertiary/aromatic N) is 1. The van der Waals surface area contributed by atoms with Crippen molar-refractivity contribution in [3.8, 4) is 5.75 Å². The zero-order valence-electron chi connectivity index (χ0n) is 12.8. The summed E-state index contributed by atoms with van der Waals surface area (Å²) in [6.45, 7) is 5.88. The monoisotopic (exact) mass is 293 g/mol. The maximum atomic E-state index is 5.80. The Balaban J connectivity index is 1.55. The highest BCUT2D eigenvalue weighted by molar-refractivity contribution is 5.81. The van der Waals surface area contributed by atoms with Gasteiger partial charge in [0.05, 0.1) is 24.4 Å². The molecular weight excluding hydrogens is 274 g/mol. The van der Waals surface area contributed by atoms with Crippen LogP contribution in [-0.4, -0.2) is 16.8 Å². The Hall–Kier alpha value is -2.49. The molecule has 2 N–H and O–H groups in total. The van der Waals surface area contributed by atoms with Crippen LogP contribution in [0, 0.1) is 0 Å². The lowest BCUT2D eigenvalue weighted by atomic mass is 9.87. The van der Waals surface area contributed by atoms with E-state index in [1.807, 2.05) is 18.2 Å². The number of nitrogens with one attached hydrogen (secondary N) is 2. The molecule has 1 aromatic heterocycles. The first-order chi connectivity index (χ1) is 10.6. The normalized spacial score (nSPS) is 15.5. The molecule has 1 aliphatic heterocycles. The summed E-state index contributed by atoms with van der Waals surface area (Å²) in [7, 11) is 0. The highest BCUT2D eigenvalue weighted by Gasteiger charge is 2.31. The van der Waals surface area contributed by atoms with Gasteiger partial charge in [-0.3, -0.25) is 5.10 Å². The molecule has 0 amide bonds. The summed E-state index contributed by atoms with van der Waals surface area (Å²) in [4.78, 5) is 0. The molecule has 4 nitrogen and oxygen atoms in total. The maximum absolute atomic E-state index is 5.80. The minimum Gasteiger partial charge on any atom is -0.492 e. The smallest absolute Gasteiger partial charge is 0.125 e. The number of rotatable bonds is 3. The van der Waals surface area contributed by atoms with Crippen LogP contribution in [0.15, 0.2) is 42.5 Å². The van der Waals surface area contributed by atoms with E-state index in [0.717, 1.165) is 34.6 Å². The molecule has 0 bridgehead atoms. The second-order valence-corrected chi connectivity index (χ2v) is 6.46. The van der Waals surface area contributed by atoms with Crippen molar-refractivity contribution in [3.05, 3.63) is 53.7 Å². The van der Waals surface area contributed by atoms with E-state index < -0.39 is 0 Å². The largest absolute Gasteiger partial charge is 0.492 e. The van der Waals surface area contributed by atoms with Gasteiger partial charge < -0.3 is 10.1 Å².